The Kier molecular flexibility index (Phi) is 2.49. The molecule has 80 valence electrons. The lowest BCUT2D eigenvalue weighted by atomic mass is 10.00. The molecule has 1 saturated heterocycles. The number of rotatable bonds is 3. The molecular formula is C12H14O3. The van der Waals surface area contributed by atoms with E-state index in [4.69, 9.17) is 9.47 Å². The van der Waals surface area contributed by atoms with E-state index in [1.807, 2.05) is 26.0 Å². The molecule has 1 aliphatic heterocycles. The maximum absolute atomic E-state index is 11.3. The summed E-state index contributed by atoms with van der Waals surface area (Å²) < 4.78 is 10.5. The molecule has 0 amide bonds. The van der Waals surface area contributed by atoms with Gasteiger partial charge in [0.15, 0.2) is 5.78 Å². The third-order valence-electron chi connectivity index (χ3n) is 2.68. The van der Waals surface area contributed by atoms with Crippen molar-refractivity contribution in [3.8, 4) is 5.75 Å². The first-order valence-electron chi connectivity index (χ1n) is 4.99. The van der Waals surface area contributed by atoms with Gasteiger partial charge in [-0.15, -0.1) is 0 Å². The minimum absolute atomic E-state index is 0.0878. The molecule has 1 aromatic carbocycles. The van der Waals surface area contributed by atoms with E-state index in [0.717, 1.165) is 22.4 Å². The molecule has 15 heavy (non-hydrogen) atoms. The standard InChI is InChI=1S/C12H14O3/c1-7-8(2)11(15-12-6-14-12)5-4-10(7)9(3)13/h4-5,12H,6H2,1-3H3. The van der Waals surface area contributed by atoms with E-state index in [9.17, 15) is 4.79 Å². The van der Waals surface area contributed by atoms with Crippen LogP contribution in [0.3, 0.4) is 0 Å². The second kappa shape index (κ2) is 3.66. The zero-order chi connectivity index (χ0) is 11.0. The van der Waals surface area contributed by atoms with Crippen LogP contribution in [0.15, 0.2) is 12.1 Å². The highest BCUT2D eigenvalue weighted by atomic mass is 16.8. The van der Waals surface area contributed by atoms with Gasteiger partial charge in [-0.1, -0.05) is 0 Å². The maximum Gasteiger partial charge on any atom is 0.223 e. The van der Waals surface area contributed by atoms with Gasteiger partial charge in [0.25, 0.3) is 0 Å². The minimum atomic E-state index is -0.0914. The number of carbonyl (C=O) groups excluding carboxylic acids is 1. The number of epoxide rings is 1. The summed E-state index contributed by atoms with van der Waals surface area (Å²) in [6.45, 7) is 6.13. The van der Waals surface area contributed by atoms with Gasteiger partial charge in [-0.25, -0.2) is 0 Å². The largest absolute Gasteiger partial charge is 0.462 e. The molecule has 1 heterocycles. The Hall–Kier alpha value is -1.35. The summed E-state index contributed by atoms with van der Waals surface area (Å²) in [5, 5.41) is 0. The zero-order valence-corrected chi connectivity index (χ0v) is 9.16. The van der Waals surface area contributed by atoms with E-state index in [2.05, 4.69) is 0 Å². The second-order valence-corrected chi connectivity index (χ2v) is 3.80. The van der Waals surface area contributed by atoms with Crippen molar-refractivity contribution < 1.29 is 14.3 Å². The lowest BCUT2D eigenvalue weighted by Crippen LogP contribution is -2.04. The Bertz CT molecular complexity index is 406. The van der Waals surface area contributed by atoms with Gasteiger partial charge in [-0.05, 0) is 44.0 Å². The summed E-state index contributed by atoms with van der Waals surface area (Å²) in [4.78, 5) is 11.3. The van der Waals surface area contributed by atoms with Crippen molar-refractivity contribution in [3.63, 3.8) is 0 Å². The van der Waals surface area contributed by atoms with Crippen LogP contribution < -0.4 is 4.74 Å². The van der Waals surface area contributed by atoms with Gasteiger partial charge in [-0.3, -0.25) is 4.79 Å². The molecule has 1 aliphatic rings. The smallest absolute Gasteiger partial charge is 0.223 e. The van der Waals surface area contributed by atoms with Crippen LogP contribution in [0.4, 0.5) is 0 Å². The van der Waals surface area contributed by atoms with E-state index in [1.54, 1.807) is 6.92 Å². The number of hydrogen-bond donors (Lipinski definition) is 0. The average molecular weight is 206 g/mol. The third kappa shape index (κ3) is 2.02. The van der Waals surface area contributed by atoms with Crippen LogP contribution in [0.5, 0.6) is 5.75 Å². The van der Waals surface area contributed by atoms with Crippen LogP contribution in [-0.4, -0.2) is 18.7 Å². The van der Waals surface area contributed by atoms with Crippen molar-refractivity contribution in [2.45, 2.75) is 27.1 Å². The first-order chi connectivity index (χ1) is 7.09. The normalized spacial score (nSPS) is 18.7. The molecule has 1 atom stereocenters. The van der Waals surface area contributed by atoms with Crippen LogP contribution in [0.2, 0.25) is 0 Å². The van der Waals surface area contributed by atoms with Crippen LogP contribution in [0, 0.1) is 13.8 Å². The molecule has 2 rings (SSSR count). The lowest BCUT2D eigenvalue weighted by molar-refractivity contribution is 0.101. The predicted octanol–water partition coefficient (Wildman–Crippen LogP) is 2.24. The topological polar surface area (TPSA) is 38.8 Å². The van der Waals surface area contributed by atoms with Crippen molar-refractivity contribution in [3.05, 3.63) is 28.8 Å². The van der Waals surface area contributed by atoms with E-state index < -0.39 is 0 Å². The number of benzene rings is 1. The van der Waals surface area contributed by atoms with Crippen molar-refractivity contribution in [1.82, 2.24) is 0 Å². The molecular weight excluding hydrogens is 192 g/mol. The Morgan fingerprint density at radius 2 is 2.07 bits per heavy atom. The monoisotopic (exact) mass is 206 g/mol. The summed E-state index contributed by atoms with van der Waals surface area (Å²) in [5.74, 6) is 0.893. The molecule has 3 nitrogen and oxygen atoms in total. The van der Waals surface area contributed by atoms with Crippen LogP contribution in [0.1, 0.15) is 28.4 Å². The minimum Gasteiger partial charge on any atom is -0.462 e. The van der Waals surface area contributed by atoms with E-state index >= 15 is 0 Å². The fourth-order valence-electron chi connectivity index (χ4n) is 1.55. The first-order valence-corrected chi connectivity index (χ1v) is 4.99. The molecule has 0 saturated carbocycles. The van der Waals surface area contributed by atoms with Crippen molar-refractivity contribution >= 4 is 5.78 Å². The highest BCUT2D eigenvalue weighted by Crippen LogP contribution is 2.27. The van der Waals surface area contributed by atoms with E-state index in [0.29, 0.717) is 6.61 Å². The van der Waals surface area contributed by atoms with Gasteiger partial charge in [0.05, 0.1) is 0 Å². The first kappa shape index (κ1) is 10.2. The predicted molar refractivity (Wildman–Crippen MR) is 56.3 cm³/mol. The third-order valence-corrected chi connectivity index (χ3v) is 2.68. The SMILES string of the molecule is CC(=O)c1ccc(OC2CO2)c(C)c1C. The number of ketones is 1. The van der Waals surface area contributed by atoms with Crippen LogP contribution in [-0.2, 0) is 4.74 Å². The number of ether oxygens (including phenoxy) is 2. The average Bonchev–Trinajstić information content (AvgIpc) is 2.96. The molecule has 0 aromatic heterocycles. The zero-order valence-electron chi connectivity index (χ0n) is 9.16. The van der Waals surface area contributed by atoms with Crippen LogP contribution >= 0.6 is 0 Å². The highest BCUT2D eigenvalue weighted by molar-refractivity contribution is 5.96. The summed E-state index contributed by atoms with van der Waals surface area (Å²) in [6.07, 6.45) is -0.0914. The summed E-state index contributed by atoms with van der Waals surface area (Å²) in [5.41, 5.74) is 2.76. The molecule has 3 heteroatoms. The Balaban J connectivity index is 2.34. The molecule has 0 N–H and O–H groups in total. The van der Waals surface area contributed by atoms with Gasteiger partial charge in [-0.2, -0.15) is 0 Å². The fraction of sp³-hybridized carbons (Fsp3) is 0.417. The molecule has 1 unspecified atom stereocenters. The molecule has 0 bridgehead atoms. The fourth-order valence-corrected chi connectivity index (χ4v) is 1.55. The van der Waals surface area contributed by atoms with Crippen molar-refractivity contribution in [2.75, 3.05) is 6.61 Å². The second-order valence-electron chi connectivity index (χ2n) is 3.80. The molecule has 0 spiro atoms. The quantitative estimate of drug-likeness (QED) is 0.562. The van der Waals surface area contributed by atoms with Gasteiger partial charge in [0.2, 0.25) is 6.29 Å². The Morgan fingerprint density at radius 3 is 2.60 bits per heavy atom. The van der Waals surface area contributed by atoms with Gasteiger partial charge in [0, 0.05) is 5.56 Å². The maximum atomic E-state index is 11.3. The Labute approximate surface area is 89.0 Å². The van der Waals surface area contributed by atoms with Gasteiger partial charge in [0.1, 0.15) is 12.4 Å². The molecule has 0 aliphatic carbocycles. The van der Waals surface area contributed by atoms with Gasteiger partial charge >= 0.3 is 0 Å². The summed E-state index contributed by atoms with van der Waals surface area (Å²) >= 11 is 0. The number of hydrogen-bond acceptors (Lipinski definition) is 3. The molecule has 1 fully saturated rings. The van der Waals surface area contributed by atoms with Crippen LogP contribution in [0.25, 0.3) is 0 Å². The number of carbonyl (C=O) groups is 1. The van der Waals surface area contributed by atoms with Gasteiger partial charge < -0.3 is 9.47 Å². The van der Waals surface area contributed by atoms with E-state index in [-0.39, 0.29) is 12.1 Å². The highest BCUT2D eigenvalue weighted by Gasteiger charge is 2.25. The Morgan fingerprint density at radius 1 is 1.40 bits per heavy atom. The van der Waals surface area contributed by atoms with E-state index in [1.165, 1.54) is 0 Å². The summed E-state index contributed by atoms with van der Waals surface area (Å²) in [7, 11) is 0. The molecule has 1 aromatic rings. The summed E-state index contributed by atoms with van der Waals surface area (Å²) in [6, 6.07) is 3.64. The lowest BCUT2D eigenvalue weighted by Gasteiger charge is -2.11. The number of Topliss-reactive ketones (excluding diaryl/α,β-unsaturated/α-hetero) is 1. The molecule has 0 radical (unpaired) electrons. The van der Waals surface area contributed by atoms with Crippen molar-refractivity contribution in [1.29, 1.82) is 0 Å². The van der Waals surface area contributed by atoms with Crippen molar-refractivity contribution in [2.24, 2.45) is 0 Å².